The summed E-state index contributed by atoms with van der Waals surface area (Å²) >= 11 is 0. The number of aromatic nitrogens is 2. The number of nitrogens with one attached hydrogen (secondary N) is 2. The normalized spacial score (nSPS) is 14.5. The van der Waals surface area contributed by atoms with Crippen LogP contribution < -0.4 is 15.6 Å². The van der Waals surface area contributed by atoms with Gasteiger partial charge in [-0.1, -0.05) is 18.7 Å². The van der Waals surface area contributed by atoms with Gasteiger partial charge in [-0.2, -0.15) is 18.9 Å². The number of allylic oxidation sites excluding steroid dienone is 1. The predicted octanol–water partition coefficient (Wildman–Crippen LogP) is 3.16. The highest BCUT2D eigenvalue weighted by atomic mass is 19.3. The lowest BCUT2D eigenvalue weighted by molar-refractivity contribution is -0.115. The average molecular weight is 434 g/mol. The van der Waals surface area contributed by atoms with E-state index in [0.717, 1.165) is 6.20 Å². The number of hydrazone groups is 1. The van der Waals surface area contributed by atoms with Crippen molar-refractivity contribution in [2.24, 2.45) is 5.10 Å². The van der Waals surface area contributed by atoms with Crippen LogP contribution in [0.15, 0.2) is 48.2 Å². The number of carbonyl (C=O) groups excluding carboxylic acids is 1. The van der Waals surface area contributed by atoms with Gasteiger partial charge in [-0.05, 0) is 18.2 Å². The van der Waals surface area contributed by atoms with Gasteiger partial charge in [-0.25, -0.2) is 14.8 Å². The minimum absolute atomic E-state index is 0.0684. The minimum Gasteiger partial charge on any atom is -0.378 e. The maximum atomic E-state index is 14.0. The zero-order chi connectivity index (χ0) is 22.3. The van der Waals surface area contributed by atoms with Crippen molar-refractivity contribution in [3.63, 3.8) is 0 Å². The van der Waals surface area contributed by atoms with E-state index in [1.807, 2.05) is 0 Å². The molecule has 1 saturated heterocycles. The van der Waals surface area contributed by atoms with Crippen LogP contribution in [-0.2, 0) is 15.5 Å². The summed E-state index contributed by atoms with van der Waals surface area (Å²) in [5.41, 5.74) is 2.49. The second kappa shape index (κ2) is 10.0. The molecule has 11 heteroatoms. The predicted molar refractivity (Wildman–Crippen MR) is 111 cm³/mol. The molecule has 1 aromatic carbocycles. The average Bonchev–Trinajstić information content (AvgIpc) is 2.78. The summed E-state index contributed by atoms with van der Waals surface area (Å²) in [6.07, 6.45) is 2.70. The minimum atomic E-state index is -3.19. The van der Waals surface area contributed by atoms with E-state index in [9.17, 15) is 18.0 Å². The number of anilines is 3. The molecule has 2 N–H and O–H groups in total. The van der Waals surface area contributed by atoms with Gasteiger partial charge in [0.2, 0.25) is 11.9 Å². The molecule has 3 rings (SSSR count). The van der Waals surface area contributed by atoms with E-state index in [2.05, 4.69) is 32.4 Å². The lowest BCUT2D eigenvalue weighted by atomic mass is 10.1. The van der Waals surface area contributed by atoms with Gasteiger partial charge >= 0.3 is 0 Å². The number of hydrogen-bond donors (Lipinski definition) is 2. The molecule has 0 spiro atoms. The van der Waals surface area contributed by atoms with E-state index >= 15 is 0 Å². The fraction of sp³-hybridized carbons (Fsp3) is 0.300. The number of hydrogen-bond acceptors (Lipinski definition) is 7. The Balaban J connectivity index is 1.54. The van der Waals surface area contributed by atoms with Gasteiger partial charge in [0.05, 0.1) is 25.8 Å². The highest BCUT2D eigenvalue weighted by Gasteiger charge is 2.27. The van der Waals surface area contributed by atoms with Gasteiger partial charge in [-0.3, -0.25) is 4.79 Å². The molecule has 164 valence electrons. The number of amides is 1. The lowest BCUT2D eigenvalue weighted by Gasteiger charge is -2.27. The Morgan fingerprint density at radius 2 is 2.13 bits per heavy atom. The van der Waals surface area contributed by atoms with Crippen LogP contribution in [0.2, 0.25) is 0 Å². The van der Waals surface area contributed by atoms with E-state index in [0.29, 0.717) is 32.4 Å². The Morgan fingerprint density at radius 3 is 2.87 bits per heavy atom. The highest BCUT2D eigenvalue weighted by Crippen LogP contribution is 2.30. The van der Waals surface area contributed by atoms with Crippen molar-refractivity contribution >= 4 is 29.6 Å². The maximum absolute atomic E-state index is 14.0. The van der Waals surface area contributed by atoms with Gasteiger partial charge in [0.1, 0.15) is 0 Å². The van der Waals surface area contributed by atoms with E-state index in [1.54, 1.807) is 4.90 Å². The number of rotatable bonds is 8. The summed E-state index contributed by atoms with van der Waals surface area (Å²) in [5, 5.41) is 6.36. The number of benzene rings is 1. The monoisotopic (exact) mass is 434 g/mol. The molecule has 8 nitrogen and oxygen atoms in total. The first-order valence-electron chi connectivity index (χ1n) is 9.43. The zero-order valence-corrected chi connectivity index (χ0v) is 16.5. The van der Waals surface area contributed by atoms with Crippen LogP contribution in [0, 0.1) is 5.82 Å². The van der Waals surface area contributed by atoms with Gasteiger partial charge in [0, 0.05) is 30.6 Å². The number of carbonyl (C=O) groups is 1. The fourth-order valence-corrected chi connectivity index (χ4v) is 2.78. The number of morpholine rings is 1. The molecule has 1 fully saturated rings. The molecule has 0 bridgehead atoms. The Hall–Kier alpha value is -3.47. The molecule has 0 aliphatic carbocycles. The Bertz CT molecular complexity index is 964. The number of ether oxygens (including phenoxy) is 1. The topological polar surface area (TPSA) is 91.7 Å². The summed E-state index contributed by atoms with van der Waals surface area (Å²) in [5.74, 6) is -4.00. The second-order valence-electron chi connectivity index (χ2n) is 6.55. The summed E-state index contributed by atoms with van der Waals surface area (Å²) in [7, 11) is 0. The van der Waals surface area contributed by atoms with Crippen molar-refractivity contribution in [1.29, 1.82) is 0 Å². The molecule has 0 atom stereocenters. The molecule has 0 saturated carbocycles. The third kappa shape index (κ3) is 6.01. The van der Waals surface area contributed by atoms with Crippen molar-refractivity contribution in [2.45, 2.75) is 12.3 Å². The Kier molecular flexibility index (Phi) is 7.19. The Labute approximate surface area is 176 Å². The number of nitrogens with zero attached hydrogens (tertiary/aromatic N) is 4. The number of alkyl halides is 2. The molecule has 1 aliphatic rings. The molecule has 0 radical (unpaired) electrons. The largest absolute Gasteiger partial charge is 0.378 e. The first kappa shape index (κ1) is 22.2. The molecule has 1 aliphatic heterocycles. The summed E-state index contributed by atoms with van der Waals surface area (Å²) < 4.78 is 46.6. The van der Waals surface area contributed by atoms with Crippen LogP contribution in [0.3, 0.4) is 0 Å². The first-order chi connectivity index (χ1) is 14.9. The standard InChI is InChI=1S/C20H21F3N6O2/c1-2-20(22,23)14-4-3-5-15(12-14)26-17(30)6-7-25-28-19-24-13-16(21)18(27-19)29-8-10-31-11-9-29/h2-5,7,12-13H,1,6,8-11H2,(H,26,30)(H,24,27,28)/b25-7+. The van der Waals surface area contributed by atoms with Crippen LogP contribution in [0.25, 0.3) is 0 Å². The zero-order valence-electron chi connectivity index (χ0n) is 16.5. The quantitative estimate of drug-likeness (QED) is 0.377. The SMILES string of the molecule is C=CC(F)(F)c1cccc(NC(=O)C/C=N/Nc2ncc(F)c(N3CCOCC3)n2)c1. The van der Waals surface area contributed by atoms with Crippen molar-refractivity contribution in [1.82, 2.24) is 9.97 Å². The van der Waals surface area contributed by atoms with Crippen LogP contribution >= 0.6 is 0 Å². The van der Waals surface area contributed by atoms with Crippen molar-refractivity contribution in [3.05, 3.63) is 54.5 Å². The molecule has 31 heavy (non-hydrogen) atoms. The van der Waals surface area contributed by atoms with E-state index in [4.69, 9.17) is 4.74 Å². The summed E-state index contributed by atoms with van der Waals surface area (Å²) in [6, 6.07) is 5.33. The fourth-order valence-electron chi connectivity index (χ4n) is 2.78. The highest BCUT2D eigenvalue weighted by molar-refractivity contribution is 5.99. The van der Waals surface area contributed by atoms with Crippen molar-refractivity contribution in [3.8, 4) is 0 Å². The van der Waals surface area contributed by atoms with Crippen molar-refractivity contribution < 1.29 is 22.7 Å². The van der Waals surface area contributed by atoms with E-state index in [-0.39, 0.29) is 29.4 Å². The number of halogens is 3. The molecular weight excluding hydrogens is 413 g/mol. The van der Waals surface area contributed by atoms with Crippen LogP contribution in [0.4, 0.5) is 30.6 Å². The summed E-state index contributed by atoms with van der Waals surface area (Å²) in [6.45, 7) is 5.09. The van der Waals surface area contributed by atoms with Crippen molar-refractivity contribution in [2.75, 3.05) is 41.9 Å². The van der Waals surface area contributed by atoms with Gasteiger partial charge in [0.25, 0.3) is 5.92 Å². The molecular formula is C20H21F3N6O2. The Morgan fingerprint density at radius 1 is 1.35 bits per heavy atom. The second-order valence-corrected chi connectivity index (χ2v) is 6.55. The van der Waals surface area contributed by atoms with Crippen LogP contribution in [0.5, 0.6) is 0 Å². The maximum Gasteiger partial charge on any atom is 0.291 e. The third-order valence-electron chi connectivity index (χ3n) is 4.36. The van der Waals surface area contributed by atoms with E-state index < -0.39 is 17.6 Å². The van der Waals surface area contributed by atoms with Crippen LogP contribution in [-0.4, -0.2) is 48.4 Å². The van der Waals surface area contributed by atoms with Gasteiger partial charge in [-0.15, -0.1) is 0 Å². The van der Waals surface area contributed by atoms with Gasteiger partial charge < -0.3 is 15.0 Å². The molecule has 2 aromatic rings. The molecule has 1 amide bonds. The smallest absolute Gasteiger partial charge is 0.291 e. The van der Waals surface area contributed by atoms with Gasteiger partial charge in [0.15, 0.2) is 11.6 Å². The lowest BCUT2D eigenvalue weighted by Crippen LogP contribution is -2.37. The summed E-state index contributed by atoms with van der Waals surface area (Å²) in [4.78, 5) is 21.7. The van der Waals surface area contributed by atoms with Crippen LogP contribution in [0.1, 0.15) is 12.0 Å². The molecule has 2 heterocycles. The first-order valence-corrected chi connectivity index (χ1v) is 9.43. The molecule has 1 aromatic heterocycles. The third-order valence-corrected chi connectivity index (χ3v) is 4.36. The molecule has 0 unspecified atom stereocenters. The van der Waals surface area contributed by atoms with E-state index in [1.165, 1.54) is 30.5 Å².